The van der Waals surface area contributed by atoms with E-state index in [1.807, 2.05) is 0 Å². The summed E-state index contributed by atoms with van der Waals surface area (Å²) in [4.78, 5) is 23.8. The number of ether oxygens (including phenoxy) is 3. The molecule has 248 valence electrons. The van der Waals surface area contributed by atoms with Gasteiger partial charge in [0, 0.05) is 12.8 Å². The van der Waals surface area contributed by atoms with Crippen molar-refractivity contribution in [3.05, 3.63) is 36.5 Å². The zero-order valence-electron chi connectivity index (χ0n) is 27.7. The SMILES string of the molecule is CCCCC/C=C\CC1OC1C/C=C\C/C=C\CCCC(=O)OC[C@H](O)COC(=O)CCCCCCCCCCCCC. The Morgan fingerprint density at radius 3 is 1.65 bits per heavy atom. The molecule has 43 heavy (non-hydrogen) atoms. The number of rotatable bonds is 30. The van der Waals surface area contributed by atoms with E-state index in [2.05, 4.69) is 50.3 Å². The summed E-state index contributed by atoms with van der Waals surface area (Å²) < 4.78 is 16.0. The number of unbranched alkanes of at least 4 members (excludes halogenated alkanes) is 14. The quantitative estimate of drug-likeness (QED) is 0.0380. The minimum Gasteiger partial charge on any atom is -0.463 e. The second kappa shape index (κ2) is 28.8. The third-order valence-corrected chi connectivity index (χ3v) is 7.78. The molecule has 1 rings (SSSR count). The van der Waals surface area contributed by atoms with Crippen LogP contribution in [0.2, 0.25) is 0 Å². The van der Waals surface area contributed by atoms with Crippen molar-refractivity contribution < 1.29 is 28.9 Å². The third kappa shape index (κ3) is 26.2. The van der Waals surface area contributed by atoms with Gasteiger partial charge in [-0.15, -0.1) is 0 Å². The smallest absolute Gasteiger partial charge is 0.305 e. The molecule has 0 saturated carbocycles. The molecule has 0 aromatic rings. The number of aliphatic hydroxyl groups excluding tert-OH is 1. The van der Waals surface area contributed by atoms with Gasteiger partial charge in [0.1, 0.15) is 19.3 Å². The number of carbonyl (C=O) groups excluding carboxylic acids is 2. The zero-order valence-corrected chi connectivity index (χ0v) is 27.7. The molecule has 0 aromatic carbocycles. The fourth-order valence-corrected chi connectivity index (χ4v) is 4.94. The molecule has 3 atom stereocenters. The van der Waals surface area contributed by atoms with E-state index in [0.29, 0.717) is 31.5 Å². The molecule has 0 radical (unpaired) electrons. The third-order valence-electron chi connectivity index (χ3n) is 7.78. The second-order valence-electron chi connectivity index (χ2n) is 12.0. The maximum atomic E-state index is 11.9. The lowest BCUT2D eigenvalue weighted by Gasteiger charge is -2.12. The van der Waals surface area contributed by atoms with Crippen molar-refractivity contribution in [3.63, 3.8) is 0 Å². The van der Waals surface area contributed by atoms with E-state index in [0.717, 1.165) is 44.9 Å². The van der Waals surface area contributed by atoms with Crippen LogP contribution in [-0.4, -0.2) is 48.6 Å². The molecule has 6 nitrogen and oxygen atoms in total. The van der Waals surface area contributed by atoms with Crippen molar-refractivity contribution in [2.24, 2.45) is 0 Å². The molecule has 1 saturated heterocycles. The average molecular weight is 605 g/mol. The van der Waals surface area contributed by atoms with Crippen molar-refractivity contribution in [2.75, 3.05) is 13.2 Å². The van der Waals surface area contributed by atoms with Crippen LogP contribution in [0.4, 0.5) is 0 Å². The van der Waals surface area contributed by atoms with Crippen molar-refractivity contribution in [1.82, 2.24) is 0 Å². The molecule has 0 bridgehead atoms. The van der Waals surface area contributed by atoms with Gasteiger partial charge in [0.15, 0.2) is 0 Å². The summed E-state index contributed by atoms with van der Waals surface area (Å²) >= 11 is 0. The first-order valence-corrected chi connectivity index (χ1v) is 17.7. The first-order valence-electron chi connectivity index (χ1n) is 17.7. The summed E-state index contributed by atoms with van der Waals surface area (Å²) in [7, 11) is 0. The minimum absolute atomic E-state index is 0.135. The van der Waals surface area contributed by atoms with Crippen molar-refractivity contribution in [1.29, 1.82) is 0 Å². The second-order valence-corrected chi connectivity index (χ2v) is 12.0. The van der Waals surface area contributed by atoms with E-state index in [9.17, 15) is 14.7 Å². The Morgan fingerprint density at radius 2 is 1.05 bits per heavy atom. The normalized spacial score (nSPS) is 17.3. The lowest BCUT2D eigenvalue weighted by Crippen LogP contribution is -2.25. The monoisotopic (exact) mass is 604 g/mol. The molecule has 1 heterocycles. The highest BCUT2D eigenvalue weighted by Crippen LogP contribution is 2.29. The lowest BCUT2D eigenvalue weighted by atomic mass is 10.1. The number of hydrogen-bond acceptors (Lipinski definition) is 6. The van der Waals surface area contributed by atoms with Crippen molar-refractivity contribution >= 4 is 11.9 Å². The molecule has 0 aromatic heterocycles. The van der Waals surface area contributed by atoms with Crippen LogP contribution < -0.4 is 0 Å². The van der Waals surface area contributed by atoms with Crippen LogP contribution in [0, 0.1) is 0 Å². The highest BCUT2D eigenvalue weighted by atomic mass is 16.6. The van der Waals surface area contributed by atoms with E-state index in [-0.39, 0.29) is 25.2 Å². The number of carbonyl (C=O) groups is 2. The number of esters is 2. The Labute approximate surface area is 263 Å². The molecule has 6 heteroatoms. The van der Waals surface area contributed by atoms with Gasteiger partial charge in [0.2, 0.25) is 0 Å². The molecular formula is C37H64O6. The summed E-state index contributed by atoms with van der Waals surface area (Å²) in [6, 6.07) is 0. The first-order chi connectivity index (χ1) is 21.1. The van der Waals surface area contributed by atoms with Gasteiger partial charge in [0.25, 0.3) is 0 Å². The van der Waals surface area contributed by atoms with Gasteiger partial charge in [-0.2, -0.15) is 0 Å². The minimum atomic E-state index is -0.986. The first kappa shape index (κ1) is 39.1. The van der Waals surface area contributed by atoms with Crippen LogP contribution in [-0.2, 0) is 23.8 Å². The maximum Gasteiger partial charge on any atom is 0.305 e. The topological polar surface area (TPSA) is 85.4 Å². The van der Waals surface area contributed by atoms with Gasteiger partial charge in [-0.25, -0.2) is 0 Å². The number of epoxide rings is 1. The predicted molar refractivity (Wildman–Crippen MR) is 177 cm³/mol. The molecule has 0 amide bonds. The number of allylic oxidation sites excluding steroid dienone is 4. The Bertz CT molecular complexity index is 758. The summed E-state index contributed by atoms with van der Waals surface area (Å²) in [5.41, 5.74) is 0. The molecule has 2 unspecified atom stereocenters. The fourth-order valence-electron chi connectivity index (χ4n) is 4.94. The lowest BCUT2D eigenvalue weighted by molar-refractivity contribution is -0.152. The Morgan fingerprint density at radius 1 is 0.605 bits per heavy atom. The Hall–Kier alpha value is -1.92. The summed E-state index contributed by atoms with van der Waals surface area (Å²) in [5, 5.41) is 9.96. The van der Waals surface area contributed by atoms with Gasteiger partial charge < -0.3 is 19.3 Å². The molecule has 1 aliphatic heterocycles. The summed E-state index contributed by atoms with van der Waals surface area (Å²) in [6.07, 6.45) is 36.5. The van der Waals surface area contributed by atoms with Crippen LogP contribution in [0.5, 0.6) is 0 Å². The summed E-state index contributed by atoms with van der Waals surface area (Å²) in [6.45, 7) is 4.19. The van der Waals surface area contributed by atoms with Crippen LogP contribution in [0.25, 0.3) is 0 Å². The highest BCUT2D eigenvalue weighted by Gasteiger charge is 2.35. The molecule has 1 aliphatic rings. The van der Waals surface area contributed by atoms with Gasteiger partial charge in [-0.1, -0.05) is 127 Å². The van der Waals surface area contributed by atoms with E-state index in [4.69, 9.17) is 14.2 Å². The maximum absolute atomic E-state index is 11.9. The standard InChI is InChI=1S/C37H64O6/c1-3-5-7-9-11-12-13-14-17-21-25-29-36(39)41-31-33(38)32-42-37(40)30-26-22-18-15-16-20-24-28-35-34(43-35)27-23-19-10-8-6-4-2/h15,18-20,23-24,33-35,38H,3-14,16-17,21-22,25-32H2,1-2H3/b18-15-,23-19-,24-20-/t33-,34?,35?/m1/s1. The Kier molecular flexibility index (Phi) is 26.2. The molecule has 1 N–H and O–H groups in total. The molecule has 0 spiro atoms. The number of hydrogen-bond donors (Lipinski definition) is 1. The molecule has 1 fully saturated rings. The number of aliphatic hydroxyl groups is 1. The molecular weight excluding hydrogens is 540 g/mol. The summed E-state index contributed by atoms with van der Waals surface area (Å²) in [5.74, 6) is -0.636. The van der Waals surface area contributed by atoms with E-state index in [1.54, 1.807) is 0 Å². The largest absolute Gasteiger partial charge is 0.463 e. The Balaban J connectivity index is 1.89. The molecule has 0 aliphatic carbocycles. The van der Waals surface area contributed by atoms with Gasteiger partial charge in [-0.3, -0.25) is 9.59 Å². The van der Waals surface area contributed by atoms with Crippen LogP contribution >= 0.6 is 0 Å². The van der Waals surface area contributed by atoms with E-state index in [1.165, 1.54) is 77.0 Å². The van der Waals surface area contributed by atoms with Gasteiger partial charge >= 0.3 is 11.9 Å². The van der Waals surface area contributed by atoms with Crippen molar-refractivity contribution in [3.8, 4) is 0 Å². The van der Waals surface area contributed by atoms with Gasteiger partial charge in [-0.05, 0) is 51.4 Å². The van der Waals surface area contributed by atoms with Crippen LogP contribution in [0.3, 0.4) is 0 Å². The highest BCUT2D eigenvalue weighted by molar-refractivity contribution is 5.69. The zero-order chi connectivity index (χ0) is 31.2. The predicted octanol–water partition coefficient (Wildman–Crippen LogP) is 9.49. The van der Waals surface area contributed by atoms with Crippen molar-refractivity contribution in [2.45, 2.75) is 173 Å². The van der Waals surface area contributed by atoms with Crippen LogP contribution in [0.15, 0.2) is 36.5 Å². The van der Waals surface area contributed by atoms with E-state index >= 15 is 0 Å². The van der Waals surface area contributed by atoms with Gasteiger partial charge in [0.05, 0.1) is 12.2 Å². The average Bonchev–Trinajstić information content (AvgIpc) is 3.76. The fraction of sp³-hybridized carbons (Fsp3) is 0.784. The van der Waals surface area contributed by atoms with E-state index < -0.39 is 6.10 Å². The van der Waals surface area contributed by atoms with Crippen LogP contribution in [0.1, 0.15) is 155 Å².